The molecule has 0 radical (unpaired) electrons. The Bertz CT molecular complexity index is 774. The third-order valence-corrected chi connectivity index (χ3v) is 12.9. The molecule has 0 saturated heterocycles. The molecule has 0 bridgehead atoms. The summed E-state index contributed by atoms with van der Waals surface area (Å²) in [6.45, 7) is 0. The van der Waals surface area contributed by atoms with Crippen molar-refractivity contribution in [3.8, 4) is 0 Å². The van der Waals surface area contributed by atoms with Gasteiger partial charge in [0.1, 0.15) is 0 Å². The van der Waals surface area contributed by atoms with Gasteiger partial charge in [0, 0.05) is 0 Å². The first kappa shape index (κ1) is 21.2. The minimum atomic E-state index is -6.03. The Morgan fingerprint density at radius 3 is 2.08 bits per heavy atom. The number of hydrogen-bond acceptors (Lipinski definition) is 6. The Morgan fingerprint density at radius 1 is 1.21 bits per heavy atom. The van der Waals surface area contributed by atoms with Gasteiger partial charge in [-0.2, -0.15) is 0 Å². The second-order valence-corrected chi connectivity index (χ2v) is 13.0. The van der Waals surface area contributed by atoms with Gasteiger partial charge in [-0.15, -0.1) is 0 Å². The van der Waals surface area contributed by atoms with Crippen LogP contribution in [0.1, 0.15) is 0 Å². The van der Waals surface area contributed by atoms with Gasteiger partial charge in [-0.3, -0.25) is 0 Å². The molecule has 0 aromatic heterocycles. The summed E-state index contributed by atoms with van der Waals surface area (Å²) in [5, 5.41) is 0. The first-order valence-corrected chi connectivity index (χ1v) is 11.7. The van der Waals surface area contributed by atoms with Crippen LogP contribution in [0.15, 0.2) is 30.3 Å². The second-order valence-electron chi connectivity index (χ2n) is 3.74. The second kappa shape index (κ2) is 8.04. The van der Waals surface area contributed by atoms with Crippen LogP contribution in [0.2, 0.25) is 0 Å². The van der Waals surface area contributed by atoms with E-state index in [0.717, 1.165) is 14.2 Å². The van der Waals surface area contributed by atoms with Gasteiger partial charge >= 0.3 is 143 Å². The minimum absolute atomic E-state index is 0.0309. The SMILES string of the molecule is COP(=O)(OC)C(=[N+]=[N-])I(OS(=O)(=O)C(F)(F)F)c1ccccc1. The molecule has 0 spiro atoms. The molecular formula is C10H11F3IN2O6PS. The van der Waals surface area contributed by atoms with Gasteiger partial charge in [-0.05, 0) is 0 Å². The van der Waals surface area contributed by atoms with Crippen LogP contribution in [0.5, 0.6) is 0 Å². The molecule has 0 atom stereocenters. The summed E-state index contributed by atoms with van der Waals surface area (Å²) in [5.74, 6) is 0. The molecule has 0 aliphatic heterocycles. The molecule has 1 aromatic carbocycles. The third kappa shape index (κ3) is 4.63. The number of benzene rings is 1. The van der Waals surface area contributed by atoms with Crippen LogP contribution in [-0.2, 0) is 26.2 Å². The molecule has 0 saturated carbocycles. The zero-order valence-electron chi connectivity index (χ0n) is 12.1. The molecule has 1 rings (SSSR count). The van der Waals surface area contributed by atoms with Crippen molar-refractivity contribution in [3.05, 3.63) is 39.4 Å². The molecule has 8 nitrogen and oxygen atoms in total. The van der Waals surface area contributed by atoms with Gasteiger partial charge in [0.2, 0.25) is 0 Å². The Morgan fingerprint density at radius 2 is 1.71 bits per heavy atom. The van der Waals surface area contributed by atoms with Crippen LogP contribution in [0.4, 0.5) is 13.2 Å². The van der Waals surface area contributed by atoms with Gasteiger partial charge in [-0.25, -0.2) is 0 Å². The molecule has 0 fully saturated rings. The van der Waals surface area contributed by atoms with E-state index < -0.39 is 46.9 Å². The van der Waals surface area contributed by atoms with E-state index in [1.165, 1.54) is 30.3 Å². The Hall–Kier alpha value is -0.820. The molecule has 136 valence electrons. The maximum atomic E-state index is 12.6. The van der Waals surface area contributed by atoms with Gasteiger partial charge in [0.05, 0.1) is 0 Å². The monoisotopic (exact) mass is 502 g/mol. The standard InChI is InChI=1S/C10H11F3IN2O6PS/c1-20-23(17,21-2)9(16-15)14(8-6-4-3-5-7-8)22-24(18,19)10(11,12)13/h3-7H,1-2H3. The first-order valence-electron chi connectivity index (χ1n) is 5.73. The normalized spacial score (nSPS) is 13.3. The van der Waals surface area contributed by atoms with Crippen molar-refractivity contribution in [2.45, 2.75) is 5.51 Å². The van der Waals surface area contributed by atoms with Gasteiger partial charge in [-0.1, -0.05) is 0 Å². The maximum absolute atomic E-state index is 12.6. The van der Waals surface area contributed by atoms with Crippen LogP contribution in [0, 0.1) is 3.57 Å². The number of nitrogens with zero attached hydrogens (tertiary/aromatic N) is 2. The van der Waals surface area contributed by atoms with Crippen LogP contribution >= 0.6 is 27.8 Å². The molecule has 0 amide bonds. The molecule has 1 aromatic rings. The fourth-order valence-electron chi connectivity index (χ4n) is 1.22. The van der Waals surface area contributed by atoms with Crippen LogP contribution in [0.3, 0.4) is 0 Å². The van der Waals surface area contributed by atoms with Crippen LogP contribution in [-0.4, -0.2) is 36.4 Å². The van der Waals surface area contributed by atoms with E-state index in [1.54, 1.807) is 0 Å². The van der Waals surface area contributed by atoms with Crippen molar-refractivity contribution in [2.75, 3.05) is 14.2 Å². The van der Waals surface area contributed by atoms with Gasteiger partial charge in [0.25, 0.3) is 0 Å². The molecular weight excluding hydrogens is 491 g/mol. The van der Waals surface area contributed by atoms with E-state index >= 15 is 0 Å². The van der Waals surface area contributed by atoms with Gasteiger partial charge in [0.15, 0.2) is 0 Å². The van der Waals surface area contributed by atoms with E-state index in [2.05, 4.69) is 16.3 Å². The van der Waals surface area contributed by atoms with Crippen molar-refractivity contribution < 1.29 is 42.5 Å². The summed E-state index contributed by atoms with van der Waals surface area (Å²) in [6, 6.07) is 6.79. The Balaban J connectivity index is 3.52. The summed E-state index contributed by atoms with van der Waals surface area (Å²) >= 11 is -4.13. The van der Waals surface area contributed by atoms with Gasteiger partial charge < -0.3 is 0 Å². The van der Waals surface area contributed by atoms with Crippen molar-refractivity contribution in [1.82, 2.24) is 0 Å². The Labute approximate surface area is 143 Å². The zero-order valence-corrected chi connectivity index (χ0v) is 16.0. The first-order chi connectivity index (χ1) is 11.0. The van der Waals surface area contributed by atoms with E-state index in [1.807, 2.05) is 0 Å². The predicted octanol–water partition coefficient (Wildman–Crippen LogP) is 3.22. The molecule has 0 N–H and O–H groups in total. The van der Waals surface area contributed by atoms with Crippen molar-refractivity contribution in [1.29, 1.82) is 0 Å². The average molecular weight is 502 g/mol. The number of rotatable bonds is 7. The van der Waals surface area contributed by atoms with E-state index in [0.29, 0.717) is 0 Å². The topological polar surface area (TPSA) is 115 Å². The number of alkyl halides is 3. The average Bonchev–Trinajstić information content (AvgIpc) is 2.53. The Kier molecular flexibility index (Phi) is 7.11. The third-order valence-electron chi connectivity index (χ3n) is 2.30. The summed E-state index contributed by atoms with van der Waals surface area (Å²) in [6.07, 6.45) is 0. The summed E-state index contributed by atoms with van der Waals surface area (Å²) in [5.41, 5.74) is 3.39. The molecule has 0 aliphatic carbocycles. The fraction of sp³-hybridized carbons (Fsp3) is 0.300. The molecule has 0 aliphatic rings. The summed E-state index contributed by atoms with van der Waals surface area (Å²) in [4.78, 5) is 2.66. The predicted molar refractivity (Wildman–Crippen MR) is 85.5 cm³/mol. The quantitative estimate of drug-likeness (QED) is 0.141. The van der Waals surface area contributed by atoms with Crippen molar-refractivity contribution in [2.24, 2.45) is 0 Å². The summed E-state index contributed by atoms with van der Waals surface area (Å²) < 4.78 is 85.4. The molecule has 14 heteroatoms. The molecule has 0 unspecified atom stereocenters. The molecule has 24 heavy (non-hydrogen) atoms. The van der Waals surface area contributed by atoms with E-state index in [4.69, 9.17) is 5.53 Å². The van der Waals surface area contributed by atoms with E-state index in [-0.39, 0.29) is 3.57 Å². The fourth-order valence-corrected chi connectivity index (χ4v) is 11.3. The molecule has 0 heterocycles. The van der Waals surface area contributed by atoms with Crippen LogP contribution < -0.4 is 0 Å². The van der Waals surface area contributed by atoms with E-state index in [9.17, 15) is 26.2 Å². The number of halogens is 4. The number of hydrogen-bond donors (Lipinski definition) is 0. The van der Waals surface area contributed by atoms with Crippen LogP contribution in [0.25, 0.3) is 5.53 Å². The zero-order chi connectivity index (χ0) is 18.6. The summed E-state index contributed by atoms with van der Waals surface area (Å²) in [7, 11) is -8.58. The van der Waals surface area contributed by atoms with Crippen molar-refractivity contribution >= 4 is 41.4 Å². The van der Waals surface area contributed by atoms with Crippen molar-refractivity contribution in [3.63, 3.8) is 0 Å².